The summed E-state index contributed by atoms with van der Waals surface area (Å²) in [6.07, 6.45) is 0. The molecule has 0 spiro atoms. The number of benzene rings is 2. The molecule has 1 heterocycles. The highest BCUT2D eigenvalue weighted by Gasteiger charge is 2.22. The van der Waals surface area contributed by atoms with Crippen molar-refractivity contribution < 1.29 is 19.0 Å². The summed E-state index contributed by atoms with van der Waals surface area (Å²) in [5, 5.41) is 0. The highest BCUT2D eigenvalue weighted by Crippen LogP contribution is 2.25. The highest BCUT2D eigenvalue weighted by molar-refractivity contribution is 5.78. The fourth-order valence-electron chi connectivity index (χ4n) is 3.35. The Labute approximate surface area is 166 Å². The smallest absolute Gasteiger partial charge is 0.260 e. The number of hydrogen-bond donors (Lipinski definition) is 0. The third-order valence-corrected chi connectivity index (χ3v) is 5.05. The molecule has 2 aromatic rings. The van der Waals surface area contributed by atoms with Crippen molar-refractivity contribution in [3.05, 3.63) is 53.6 Å². The van der Waals surface area contributed by atoms with Gasteiger partial charge in [-0.2, -0.15) is 0 Å². The van der Waals surface area contributed by atoms with E-state index in [1.165, 1.54) is 0 Å². The molecule has 0 aliphatic carbocycles. The molecule has 1 aliphatic heterocycles. The summed E-state index contributed by atoms with van der Waals surface area (Å²) in [5.74, 6) is 2.46. The van der Waals surface area contributed by atoms with E-state index in [9.17, 15) is 4.79 Å². The Hall–Kier alpha value is -2.73. The van der Waals surface area contributed by atoms with Crippen LogP contribution < -0.4 is 14.2 Å². The maximum atomic E-state index is 12.5. The van der Waals surface area contributed by atoms with Gasteiger partial charge in [-0.3, -0.25) is 9.69 Å². The molecule has 6 heteroatoms. The average Bonchev–Trinajstić information content (AvgIpc) is 2.73. The van der Waals surface area contributed by atoms with E-state index in [1.54, 1.807) is 14.2 Å². The molecule has 0 aromatic heterocycles. The molecule has 28 heavy (non-hydrogen) atoms. The van der Waals surface area contributed by atoms with Gasteiger partial charge in [-0.15, -0.1) is 0 Å². The number of nitrogens with zero attached hydrogens (tertiary/aromatic N) is 2. The summed E-state index contributed by atoms with van der Waals surface area (Å²) in [5.41, 5.74) is 2.12. The number of rotatable bonds is 7. The summed E-state index contributed by atoms with van der Waals surface area (Å²) in [6, 6.07) is 13.6. The van der Waals surface area contributed by atoms with Crippen LogP contribution in [0.15, 0.2) is 42.5 Å². The topological polar surface area (TPSA) is 51.2 Å². The van der Waals surface area contributed by atoms with Crippen LogP contribution >= 0.6 is 0 Å². The second-order valence-corrected chi connectivity index (χ2v) is 6.89. The first-order valence-electron chi connectivity index (χ1n) is 9.50. The van der Waals surface area contributed by atoms with Gasteiger partial charge in [-0.25, -0.2) is 0 Å². The zero-order valence-corrected chi connectivity index (χ0v) is 16.8. The number of hydrogen-bond acceptors (Lipinski definition) is 5. The van der Waals surface area contributed by atoms with E-state index in [-0.39, 0.29) is 12.5 Å². The fourth-order valence-corrected chi connectivity index (χ4v) is 3.35. The molecule has 1 amide bonds. The van der Waals surface area contributed by atoms with Crippen LogP contribution in [0.3, 0.4) is 0 Å². The van der Waals surface area contributed by atoms with Gasteiger partial charge in [0.25, 0.3) is 5.91 Å². The first-order chi connectivity index (χ1) is 13.6. The minimum absolute atomic E-state index is 0.0295. The summed E-state index contributed by atoms with van der Waals surface area (Å²) >= 11 is 0. The van der Waals surface area contributed by atoms with Crippen molar-refractivity contribution in [1.29, 1.82) is 0 Å². The number of piperazine rings is 1. The van der Waals surface area contributed by atoms with E-state index >= 15 is 0 Å². The van der Waals surface area contributed by atoms with Gasteiger partial charge in [0.05, 0.1) is 14.2 Å². The lowest BCUT2D eigenvalue weighted by Crippen LogP contribution is -2.49. The lowest BCUT2D eigenvalue weighted by atomic mass is 10.1. The van der Waals surface area contributed by atoms with E-state index in [1.807, 2.05) is 54.3 Å². The van der Waals surface area contributed by atoms with Crippen molar-refractivity contribution in [2.45, 2.75) is 13.5 Å². The van der Waals surface area contributed by atoms with E-state index in [2.05, 4.69) is 4.90 Å². The van der Waals surface area contributed by atoms with Gasteiger partial charge in [-0.1, -0.05) is 18.2 Å². The van der Waals surface area contributed by atoms with E-state index < -0.39 is 0 Å². The summed E-state index contributed by atoms with van der Waals surface area (Å²) in [7, 11) is 3.34. The molecule has 0 N–H and O–H groups in total. The van der Waals surface area contributed by atoms with E-state index in [0.29, 0.717) is 13.1 Å². The molecule has 0 saturated carbocycles. The van der Waals surface area contributed by atoms with Crippen LogP contribution in [-0.2, 0) is 11.3 Å². The molecule has 150 valence electrons. The molecule has 0 radical (unpaired) electrons. The summed E-state index contributed by atoms with van der Waals surface area (Å²) < 4.78 is 16.5. The van der Waals surface area contributed by atoms with Crippen LogP contribution in [-0.4, -0.2) is 62.7 Å². The molecule has 0 bridgehead atoms. The molecule has 0 atom stereocenters. The molecular formula is C22H28N2O4. The standard InChI is InChI=1S/C22H28N2O4/c1-17-6-4-5-7-20(17)28-16-22(25)24-12-10-23(11-13-24)15-18-14-19(26-2)8-9-21(18)27-3/h4-9,14H,10-13,15-16H2,1-3H3. The summed E-state index contributed by atoms with van der Waals surface area (Å²) in [4.78, 5) is 16.7. The molecular weight excluding hydrogens is 356 g/mol. The molecule has 2 aromatic carbocycles. The number of para-hydroxylation sites is 1. The van der Waals surface area contributed by atoms with E-state index in [0.717, 1.165) is 48.0 Å². The van der Waals surface area contributed by atoms with Crippen molar-refractivity contribution in [3.8, 4) is 17.2 Å². The first kappa shape index (κ1) is 20.0. The van der Waals surface area contributed by atoms with Gasteiger partial charge in [0, 0.05) is 38.3 Å². The minimum Gasteiger partial charge on any atom is -0.497 e. The Bertz CT molecular complexity index is 801. The number of methoxy groups -OCH3 is 2. The van der Waals surface area contributed by atoms with Crippen molar-refractivity contribution >= 4 is 5.91 Å². The van der Waals surface area contributed by atoms with E-state index in [4.69, 9.17) is 14.2 Å². The highest BCUT2D eigenvalue weighted by atomic mass is 16.5. The van der Waals surface area contributed by atoms with Crippen molar-refractivity contribution in [1.82, 2.24) is 9.80 Å². The Morgan fingerprint density at radius 3 is 2.39 bits per heavy atom. The SMILES string of the molecule is COc1ccc(OC)c(CN2CCN(C(=O)COc3ccccc3C)CC2)c1. The number of aryl methyl sites for hydroxylation is 1. The fraction of sp³-hybridized carbons (Fsp3) is 0.409. The predicted octanol–water partition coefficient (Wildman–Crippen LogP) is 2.74. The van der Waals surface area contributed by atoms with Gasteiger partial charge >= 0.3 is 0 Å². The van der Waals surface area contributed by atoms with Crippen molar-refractivity contribution in [2.24, 2.45) is 0 Å². The monoisotopic (exact) mass is 384 g/mol. The zero-order chi connectivity index (χ0) is 19.9. The van der Waals surface area contributed by atoms with Crippen LogP contribution in [0.4, 0.5) is 0 Å². The molecule has 6 nitrogen and oxygen atoms in total. The Morgan fingerprint density at radius 2 is 1.71 bits per heavy atom. The maximum absolute atomic E-state index is 12.5. The van der Waals surface area contributed by atoms with Gasteiger partial charge < -0.3 is 19.1 Å². The predicted molar refractivity (Wildman–Crippen MR) is 108 cm³/mol. The third-order valence-electron chi connectivity index (χ3n) is 5.05. The van der Waals surface area contributed by atoms with Crippen LogP contribution in [0.1, 0.15) is 11.1 Å². The number of carbonyl (C=O) groups is 1. The third kappa shape index (κ3) is 4.95. The second kappa shape index (κ2) is 9.46. The maximum Gasteiger partial charge on any atom is 0.260 e. The normalized spacial score (nSPS) is 14.6. The Kier molecular flexibility index (Phi) is 6.76. The van der Waals surface area contributed by atoms with Crippen molar-refractivity contribution in [3.63, 3.8) is 0 Å². The number of amides is 1. The molecule has 0 unspecified atom stereocenters. The Morgan fingerprint density at radius 1 is 0.964 bits per heavy atom. The largest absolute Gasteiger partial charge is 0.497 e. The first-order valence-corrected chi connectivity index (χ1v) is 9.50. The lowest BCUT2D eigenvalue weighted by Gasteiger charge is -2.35. The van der Waals surface area contributed by atoms with Crippen molar-refractivity contribution in [2.75, 3.05) is 47.0 Å². The van der Waals surface area contributed by atoms with Crippen LogP contribution in [0.5, 0.6) is 17.2 Å². The second-order valence-electron chi connectivity index (χ2n) is 6.89. The lowest BCUT2D eigenvalue weighted by molar-refractivity contribution is -0.135. The molecule has 1 saturated heterocycles. The van der Waals surface area contributed by atoms with Gasteiger partial charge in [0.15, 0.2) is 6.61 Å². The molecule has 1 aliphatic rings. The number of carbonyl (C=O) groups excluding carboxylic acids is 1. The quantitative estimate of drug-likeness (QED) is 0.735. The van der Waals surface area contributed by atoms with Gasteiger partial charge in [0.2, 0.25) is 0 Å². The van der Waals surface area contributed by atoms with Crippen LogP contribution in [0.25, 0.3) is 0 Å². The van der Waals surface area contributed by atoms with Crippen LogP contribution in [0, 0.1) is 6.92 Å². The minimum atomic E-state index is 0.0295. The molecule has 3 rings (SSSR count). The Balaban J connectivity index is 1.50. The van der Waals surface area contributed by atoms with Crippen LogP contribution in [0.2, 0.25) is 0 Å². The van der Waals surface area contributed by atoms with Gasteiger partial charge in [0.1, 0.15) is 17.2 Å². The summed E-state index contributed by atoms with van der Waals surface area (Å²) in [6.45, 7) is 5.85. The zero-order valence-electron chi connectivity index (χ0n) is 16.8. The average molecular weight is 384 g/mol. The molecule has 1 fully saturated rings. The number of ether oxygens (including phenoxy) is 3. The van der Waals surface area contributed by atoms with Gasteiger partial charge in [-0.05, 0) is 36.8 Å².